The number of thiophene rings is 1. The second-order valence-electron chi connectivity index (χ2n) is 8.94. The fourth-order valence-corrected chi connectivity index (χ4v) is 6.96. The molecule has 0 aliphatic heterocycles. The molecule has 1 aromatic carbocycles. The van der Waals surface area contributed by atoms with Crippen LogP contribution in [0.15, 0.2) is 51.7 Å². The Morgan fingerprint density at radius 2 is 2.00 bits per heavy atom. The molecule has 0 unspecified atom stereocenters. The Morgan fingerprint density at radius 1 is 1.19 bits per heavy atom. The van der Waals surface area contributed by atoms with Crippen molar-refractivity contribution < 1.29 is 4.79 Å². The highest BCUT2D eigenvalue weighted by Gasteiger charge is 2.44. The smallest absolute Gasteiger partial charge is 0.258 e. The number of carbonyl (C=O) groups is 1. The van der Waals surface area contributed by atoms with Gasteiger partial charge in [0.25, 0.3) is 5.56 Å². The van der Waals surface area contributed by atoms with Gasteiger partial charge in [-0.15, -0.1) is 11.3 Å². The molecule has 0 bridgehead atoms. The third-order valence-corrected chi connectivity index (χ3v) is 8.78. The third kappa shape index (κ3) is 3.77. The predicted octanol–water partition coefficient (Wildman–Crippen LogP) is 6.11. The van der Waals surface area contributed by atoms with Crippen molar-refractivity contribution in [2.45, 2.75) is 69.0 Å². The standard InChI is InChI=1S/C26H28N2O2S2/c1-2-3-14-28-24(30)22-23(27-25(28)32-17-20(29)21-11-8-15-31-21)19-10-5-4-9-18(19)16-26(22)12-6-7-13-26/h4-5,8-11,15H,2-3,6-7,12-14,16-17H2,1H3. The van der Waals surface area contributed by atoms with Crippen LogP contribution in [0.2, 0.25) is 0 Å². The largest absolute Gasteiger partial charge is 0.292 e. The first-order chi connectivity index (χ1) is 15.6. The molecule has 0 atom stereocenters. The molecule has 2 aromatic heterocycles. The first kappa shape index (κ1) is 21.7. The average Bonchev–Trinajstić information content (AvgIpc) is 3.50. The van der Waals surface area contributed by atoms with E-state index in [-0.39, 0.29) is 16.8 Å². The van der Waals surface area contributed by atoms with E-state index in [4.69, 9.17) is 4.98 Å². The lowest BCUT2D eigenvalue weighted by atomic mass is 9.68. The van der Waals surface area contributed by atoms with E-state index in [1.54, 1.807) is 0 Å². The summed E-state index contributed by atoms with van der Waals surface area (Å²) in [5.41, 5.74) is 4.21. The zero-order valence-corrected chi connectivity index (χ0v) is 20.1. The molecule has 1 saturated carbocycles. The highest BCUT2D eigenvalue weighted by atomic mass is 32.2. The number of aromatic nitrogens is 2. The number of nitrogens with zero attached hydrogens (tertiary/aromatic N) is 2. The lowest BCUT2D eigenvalue weighted by molar-refractivity contribution is 0.102. The summed E-state index contributed by atoms with van der Waals surface area (Å²) in [5.74, 6) is 0.386. The molecule has 5 rings (SSSR count). The molecule has 32 heavy (non-hydrogen) atoms. The number of unbranched alkanes of at least 4 members (excludes halogenated alkanes) is 1. The summed E-state index contributed by atoms with van der Waals surface area (Å²) in [7, 11) is 0. The Bertz CT molecular complexity index is 1190. The predicted molar refractivity (Wildman–Crippen MR) is 132 cm³/mol. The van der Waals surface area contributed by atoms with Crippen molar-refractivity contribution in [1.82, 2.24) is 9.55 Å². The first-order valence-electron chi connectivity index (χ1n) is 11.6. The highest BCUT2D eigenvalue weighted by Crippen LogP contribution is 2.50. The maximum absolute atomic E-state index is 14.0. The van der Waals surface area contributed by atoms with Crippen LogP contribution in [-0.4, -0.2) is 21.1 Å². The Hall–Kier alpha value is -2.18. The van der Waals surface area contributed by atoms with E-state index in [1.165, 1.54) is 41.5 Å². The topological polar surface area (TPSA) is 52.0 Å². The van der Waals surface area contributed by atoms with Gasteiger partial charge in [-0.05, 0) is 42.7 Å². The summed E-state index contributed by atoms with van der Waals surface area (Å²) >= 11 is 2.87. The van der Waals surface area contributed by atoms with E-state index < -0.39 is 0 Å². The van der Waals surface area contributed by atoms with Gasteiger partial charge in [-0.3, -0.25) is 14.2 Å². The molecular formula is C26H28N2O2S2. The van der Waals surface area contributed by atoms with Gasteiger partial charge in [0.1, 0.15) is 0 Å². The van der Waals surface area contributed by atoms with Crippen molar-refractivity contribution in [2.24, 2.45) is 0 Å². The molecule has 166 valence electrons. The number of hydrogen-bond donors (Lipinski definition) is 0. The van der Waals surface area contributed by atoms with Crippen LogP contribution in [0, 0.1) is 0 Å². The molecule has 2 aliphatic rings. The molecule has 1 fully saturated rings. The minimum atomic E-state index is -0.0856. The molecule has 0 saturated heterocycles. The maximum Gasteiger partial charge on any atom is 0.258 e. The summed E-state index contributed by atoms with van der Waals surface area (Å²) < 4.78 is 1.86. The van der Waals surface area contributed by atoms with Gasteiger partial charge in [0.05, 0.1) is 21.9 Å². The van der Waals surface area contributed by atoms with Gasteiger partial charge in [-0.25, -0.2) is 4.98 Å². The second-order valence-corrected chi connectivity index (χ2v) is 10.8. The first-order valence-corrected chi connectivity index (χ1v) is 13.4. The summed E-state index contributed by atoms with van der Waals surface area (Å²) in [6, 6.07) is 12.2. The van der Waals surface area contributed by atoms with E-state index in [0.717, 1.165) is 53.8 Å². The molecule has 0 radical (unpaired) electrons. The van der Waals surface area contributed by atoms with Crippen molar-refractivity contribution in [2.75, 3.05) is 5.75 Å². The van der Waals surface area contributed by atoms with Crippen LogP contribution in [0.25, 0.3) is 11.3 Å². The molecule has 4 nitrogen and oxygen atoms in total. The summed E-state index contributed by atoms with van der Waals surface area (Å²) in [5, 5.41) is 2.60. The van der Waals surface area contributed by atoms with Crippen LogP contribution in [0.3, 0.4) is 0 Å². The van der Waals surface area contributed by atoms with Crippen LogP contribution in [0.4, 0.5) is 0 Å². The van der Waals surface area contributed by atoms with Crippen LogP contribution in [-0.2, 0) is 18.4 Å². The number of rotatable bonds is 7. The number of benzene rings is 1. The highest BCUT2D eigenvalue weighted by molar-refractivity contribution is 7.99. The van der Waals surface area contributed by atoms with Crippen LogP contribution in [0.1, 0.15) is 66.2 Å². The van der Waals surface area contributed by atoms with E-state index >= 15 is 0 Å². The van der Waals surface area contributed by atoms with Crippen molar-refractivity contribution in [3.05, 3.63) is 68.1 Å². The normalized spacial score (nSPS) is 16.2. The molecule has 3 aromatic rings. The molecular weight excluding hydrogens is 436 g/mol. The Balaban J connectivity index is 1.62. The van der Waals surface area contributed by atoms with E-state index in [0.29, 0.717) is 17.5 Å². The minimum absolute atomic E-state index is 0.0856. The number of Topliss-reactive ketones (excluding diaryl/α,β-unsaturated/α-hetero) is 1. The number of fused-ring (bicyclic) bond motifs is 4. The van der Waals surface area contributed by atoms with Crippen LogP contribution < -0.4 is 5.56 Å². The number of ketones is 1. The Labute approximate surface area is 197 Å². The van der Waals surface area contributed by atoms with E-state index in [1.807, 2.05) is 28.1 Å². The number of hydrogen-bond acceptors (Lipinski definition) is 5. The number of carbonyl (C=O) groups excluding carboxylic acids is 1. The summed E-state index contributed by atoms with van der Waals surface area (Å²) in [6.07, 6.45) is 7.32. The van der Waals surface area contributed by atoms with Gasteiger partial charge >= 0.3 is 0 Å². The fourth-order valence-electron chi connectivity index (χ4n) is 5.31. The molecule has 2 heterocycles. The minimum Gasteiger partial charge on any atom is -0.292 e. The summed E-state index contributed by atoms with van der Waals surface area (Å²) in [4.78, 5) is 32.5. The van der Waals surface area contributed by atoms with Crippen LogP contribution >= 0.6 is 23.1 Å². The van der Waals surface area contributed by atoms with Crippen LogP contribution in [0.5, 0.6) is 0 Å². The van der Waals surface area contributed by atoms with Gasteiger partial charge in [-0.1, -0.05) is 68.3 Å². The van der Waals surface area contributed by atoms with Crippen molar-refractivity contribution >= 4 is 28.9 Å². The fraction of sp³-hybridized carbons (Fsp3) is 0.423. The van der Waals surface area contributed by atoms with Gasteiger partial charge in [-0.2, -0.15) is 0 Å². The molecule has 0 amide bonds. The van der Waals surface area contributed by atoms with Crippen molar-refractivity contribution in [3.63, 3.8) is 0 Å². The second kappa shape index (κ2) is 8.99. The van der Waals surface area contributed by atoms with E-state index in [9.17, 15) is 9.59 Å². The third-order valence-electron chi connectivity index (χ3n) is 6.89. The SMILES string of the molecule is CCCCn1c(SCC(=O)c2cccs2)nc2c(c1=O)C1(CCCC1)Cc1ccccc1-2. The zero-order chi connectivity index (χ0) is 22.1. The monoisotopic (exact) mass is 464 g/mol. The summed E-state index contributed by atoms with van der Waals surface area (Å²) in [6.45, 7) is 2.79. The average molecular weight is 465 g/mol. The lowest BCUT2D eigenvalue weighted by Crippen LogP contribution is -2.40. The quantitative estimate of drug-likeness (QED) is 0.240. The zero-order valence-electron chi connectivity index (χ0n) is 18.4. The molecule has 6 heteroatoms. The number of thioether (sulfide) groups is 1. The molecule has 0 N–H and O–H groups in total. The van der Waals surface area contributed by atoms with Gasteiger partial charge < -0.3 is 0 Å². The van der Waals surface area contributed by atoms with E-state index in [2.05, 4.69) is 25.1 Å². The Kier molecular flexibility index (Phi) is 6.08. The van der Waals surface area contributed by atoms with Gasteiger partial charge in [0, 0.05) is 17.5 Å². The Morgan fingerprint density at radius 3 is 2.75 bits per heavy atom. The molecule has 1 spiro atoms. The van der Waals surface area contributed by atoms with Crippen molar-refractivity contribution in [3.8, 4) is 11.3 Å². The maximum atomic E-state index is 14.0. The van der Waals surface area contributed by atoms with Crippen molar-refractivity contribution in [1.29, 1.82) is 0 Å². The van der Waals surface area contributed by atoms with Gasteiger partial charge in [0.15, 0.2) is 10.9 Å². The van der Waals surface area contributed by atoms with Gasteiger partial charge in [0.2, 0.25) is 0 Å². The molecule has 2 aliphatic carbocycles. The lowest BCUT2D eigenvalue weighted by Gasteiger charge is -2.36.